The van der Waals surface area contributed by atoms with Crippen LogP contribution in [0.25, 0.3) is 0 Å². The van der Waals surface area contributed by atoms with Crippen molar-refractivity contribution in [1.82, 2.24) is 4.90 Å². The smallest absolute Gasteiger partial charge is 0.329 e. The molecule has 154 valence electrons. The summed E-state index contributed by atoms with van der Waals surface area (Å²) in [4.78, 5) is 53.6. The zero-order chi connectivity index (χ0) is 21.6. The number of amides is 3. The average molecular weight is 406 g/mol. The van der Waals surface area contributed by atoms with Gasteiger partial charge in [0.2, 0.25) is 0 Å². The van der Waals surface area contributed by atoms with Crippen molar-refractivity contribution in [2.45, 2.75) is 32.9 Å². The van der Waals surface area contributed by atoms with Gasteiger partial charge in [-0.3, -0.25) is 19.3 Å². The minimum Gasteiger partial charge on any atom is -0.450 e. The fourth-order valence-corrected chi connectivity index (χ4v) is 3.96. The van der Waals surface area contributed by atoms with E-state index >= 15 is 0 Å². The first kappa shape index (κ1) is 19.8. The molecule has 0 unspecified atom stereocenters. The van der Waals surface area contributed by atoms with Crippen molar-refractivity contribution in [3.63, 3.8) is 0 Å². The van der Waals surface area contributed by atoms with E-state index in [2.05, 4.69) is 0 Å². The van der Waals surface area contributed by atoms with Gasteiger partial charge in [-0.15, -0.1) is 0 Å². The molecule has 0 saturated carbocycles. The Labute approximate surface area is 174 Å². The highest BCUT2D eigenvalue weighted by Gasteiger charge is 2.51. The Morgan fingerprint density at radius 2 is 1.50 bits per heavy atom. The Bertz CT molecular complexity index is 1010. The van der Waals surface area contributed by atoms with Crippen molar-refractivity contribution in [3.8, 4) is 0 Å². The highest BCUT2D eigenvalue weighted by molar-refractivity contribution is 6.22. The molecule has 7 nitrogen and oxygen atoms in total. The SMILES string of the molecule is C[C@@H](C(=O)O[C@H]1C(=O)N(c2ccccc2)CC1(C)C)N1C(=O)c2ccccc2C1=O. The third-order valence-electron chi connectivity index (χ3n) is 5.62. The van der Waals surface area contributed by atoms with Crippen LogP contribution >= 0.6 is 0 Å². The molecule has 1 saturated heterocycles. The van der Waals surface area contributed by atoms with Crippen LogP contribution in [0.4, 0.5) is 5.69 Å². The number of carbonyl (C=O) groups is 4. The van der Waals surface area contributed by atoms with Gasteiger partial charge < -0.3 is 9.64 Å². The second kappa shape index (κ2) is 7.09. The highest BCUT2D eigenvalue weighted by Crippen LogP contribution is 2.36. The maximum Gasteiger partial charge on any atom is 0.329 e. The predicted molar refractivity (Wildman–Crippen MR) is 109 cm³/mol. The first-order chi connectivity index (χ1) is 14.2. The number of hydrogen-bond donors (Lipinski definition) is 0. The number of hydrogen-bond acceptors (Lipinski definition) is 5. The van der Waals surface area contributed by atoms with Gasteiger partial charge in [0.25, 0.3) is 17.7 Å². The van der Waals surface area contributed by atoms with E-state index in [9.17, 15) is 19.2 Å². The molecule has 30 heavy (non-hydrogen) atoms. The molecule has 2 aromatic rings. The second-order valence-corrected chi connectivity index (χ2v) is 8.27. The number of ether oxygens (including phenoxy) is 1. The molecule has 2 aliphatic rings. The zero-order valence-electron chi connectivity index (χ0n) is 17.0. The molecule has 0 N–H and O–H groups in total. The van der Waals surface area contributed by atoms with E-state index in [0.717, 1.165) is 10.6 Å². The van der Waals surface area contributed by atoms with Gasteiger partial charge in [0.1, 0.15) is 6.04 Å². The quantitative estimate of drug-likeness (QED) is 0.576. The molecule has 0 aromatic heterocycles. The van der Waals surface area contributed by atoms with Crippen molar-refractivity contribution >= 4 is 29.4 Å². The molecule has 2 heterocycles. The molecule has 2 atom stereocenters. The fourth-order valence-electron chi connectivity index (χ4n) is 3.96. The monoisotopic (exact) mass is 406 g/mol. The van der Waals surface area contributed by atoms with E-state index in [-0.39, 0.29) is 17.0 Å². The molecule has 1 fully saturated rings. The maximum absolute atomic E-state index is 13.0. The van der Waals surface area contributed by atoms with Gasteiger partial charge in [0.05, 0.1) is 11.1 Å². The number of esters is 1. The van der Waals surface area contributed by atoms with Crippen molar-refractivity contribution in [3.05, 3.63) is 65.7 Å². The van der Waals surface area contributed by atoms with Crippen molar-refractivity contribution in [1.29, 1.82) is 0 Å². The van der Waals surface area contributed by atoms with Crippen molar-refractivity contribution < 1.29 is 23.9 Å². The lowest BCUT2D eigenvalue weighted by Gasteiger charge is -2.27. The molecular formula is C23H22N2O5. The Hall–Kier alpha value is -3.48. The van der Waals surface area contributed by atoms with E-state index in [1.54, 1.807) is 29.2 Å². The maximum atomic E-state index is 13.0. The van der Waals surface area contributed by atoms with Gasteiger partial charge in [-0.2, -0.15) is 0 Å². The van der Waals surface area contributed by atoms with Crippen LogP contribution in [0.3, 0.4) is 0 Å². The number of para-hydroxylation sites is 1. The Morgan fingerprint density at radius 3 is 2.07 bits per heavy atom. The van der Waals surface area contributed by atoms with E-state index in [4.69, 9.17) is 4.74 Å². The first-order valence-corrected chi connectivity index (χ1v) is 9.76. The summed E-state index contributed by atoms with van der Waals surface area (Å²) in [6.45, 7) is 5.51. The Balaban J connectivity index is 1.53. The fraction of sp³-hybridized carbons (Fsp3) is 0.304. The third-order valence-corrected chi connectivity index (χ3v) is 5.62. The average Bonchev–Trinajstić information content (AvgIpc) is 3.13. The summed E-state index contributed by atoms with van der Waals surface area (Å²) in [6.07, 6.45) is -1.01. The van der Waals surface area contributed by atoms with Gasteiger partial charge in [0, 0.05) is 17.6 Å². The number of benzene rings is 2. The number of imide groups is 1. The normalized spacial score (nSPS) is 21.0. The van der Waals surface area contributed by atoms with Crippen LogP contribution in [0.2, 0.25) is 0 Å². The lowest BCUT2D eigenvalue weighted by atomic mass is 9.89. The highest BCUT2D eigenvalue weighted by atomic mass is 16.6. The summed E-state index contributed by atoms with van der Waals surface area (Å²) in [6, 6.07) is 14.4. The topological polar surface area (TPSA) is 84.0 Å². The minimum absolute atomic E-state index is 0.259. The molecule has 0 bridgehead atoms. The number of nitrogens with zero attached hydrogens (tertiary/aromatic N) is 2. The predicted octanol–water partition coefficient (Wildman–Crippen LogP) is 2.66. The first-order valence-electron chi connectivity index (χ1n) is 9.76. The lowest BCUT2D eigenvalue weighted by Crippen LogP contribution is -2.47. The van der Waals surface area contributed by atoms with Crippen LogP contribution in [-0.2, 0) is 14.3 Å². The minimum atomic E-state index is -1.15. The summed E-state index contributed by atoms with van der Waals surface area (Å²) >= 11 is 0. The van der Waals surface area contributed by atoms with Crippen LogP contribution in [0.15, 0.2) is 54.6 Å². The number of fused-ring (bicyclic) bond motifs is 1. The molecular weight excluding hydrogens is 384 g/mol. The third kappa shape index (κ3) is 3.07. The van der Waals surface area contributed by atoms with Crippen LogP contribution in [-0.4, -0.2) is 47.3 Å². The van der Waals surface area contributed by atoms with Crippen molar-refractivity contribution in [2.75, 3.05) is 11.4 Å². The van der Waals surface area contributed by atoms with Crippen LogP contribution in [0.5, 0.6) is 0 Å². The summed E-state index contributed by atoms with van der Waals surface area (Å²) < 4.78 is 5.58. The second-order valence-electron chi connectivity index (χ2n) is 8.27. The molecule has 3 amide bonds. The Kier molecular flexibility index (Phi) is 4.68. The lowest BCUT2D eigenvalue weighted by molar-refractivity contribution is -0.161. The number of anilines is 1. The van der Waals surface area contributed by atoms with Crippen molar-refractivity contribution in [2.24, 2.45) is 5.41 Å². The van der Waals surface area contributed by atoms with Gasteiger partial charge in [-0.25, -0.2) is 4.79 Å². The van der Waals surface area contributed by atoms with E-state index in [0.29, 0.717) is 6.54 Å². The van der Waals surface area contributed by atoms with Crippen LogP contribution in [0.1, 0.15) is 41.5 Å². The summed E-state index contributed by atoms with van der Waals surface area (Å²) in [7, 11) is 0. The largest absolute Gasteiger partial charge is 0.450 e. The number of rotatable bonds is 4. The summed E-state index contributed by atoms with van der Waals surface area (Å²) in [5.41, 5.74) is 0.608. The standard InChI is InChI=1S/C23H22N2O5/c1-14(25-19(26)16-11-7-8-12-17(16)20(25)27)22(29)30-18-21(28)24(13-23(18,2)3)15-9-5-4-6-10-15/h4-12,14,18H,13H2,1-3H3/t14-,18-/m0/s1. The van der Waals surface area contributed by atoms with E-state index < -0.39 is 35.3 Å². The van der Waals surface area contributed by atoms with E-state index in [1.807, 2.05) is 44.2 Å². The molecule has 4 rings (SSSR count). The van der Waals surface area contributed by atoms with Gasteiger partial charge in [-0.05, 0) is 31.2 Å². The molecule has 0 aliphatic carbocycles. The van der Waals surface area contributed by atoms with Crippen LogP contribution < -0.4 is 4.90 Å². The summed E-state index contributed by atoms with van der Waals surface area (Å²) in [5.74, 6) is -2.19. The summed E-state index contributed by atoms with van der Waals surface area (Å²) in [5, 5.41) is 0. The molecule has 2 aromatic carbocycles. The van der Waals surface area contributed by atoms with Gasteiger partial charge >= 0.3 is 5.97 Å². The van der Waals surface area contributed by atoms with Gasteiger partial charge in [-0.1, -0.05) is 44.2 Å². The Morgan fingerprint density at radius 1 is 0.967 bits per heavy atom. The molecule has 2 aliphatic heterocycles. The zero-order valence-corrected chi connectivity index (χ0v) is 17.0. The number of carbonyl (C=O) groups excluding carboxylic acids is 4. The van der Waals surface area contributed by atoms with E-state index in [1.165, 1.54) is 6.92 Å². The molecule has 7 heteroatoms. The van der Waals surface area contributed by atoms with Gasteiger partial charge in [0.15, 0.2) is 6.10 Å². The molecule has 0 spiro atoms. The van der Waals surface area contributed by atoms with Crippen LogP contribution in [0, 0.1) is 5.41 Å². The molecule has 0 radical (unpaired) electrons.